The van der Waals surface area contributed by atoms with Crippen LogP contribution in [0.2, 0.25) is 15.1 Å². The smallest absolute Gasteiger partial charge is 0.244 e. The Balaban J connectivity index is 2.07. The maximum absolute atomic E-state index is 14.0. The highest BCUT2D eigenvalue weighted by molar-refractivity contribution is 7.92. The lowest BCUT2D eigenvalue weighted by atomic mass is 10.0. The number of anilines is 1. The van der Waals surface area contributed by atoms with E-state index in [1.54, 1.807) is 36.4 Å². The summed E-state index contributed by atoms with van der Waals surface area (Å²) >= 11 is 18.6. The highest BCUT2D eigenvalue weighted by Gasteiger charge is 2.33. The summed E-state index contributed by atoms with van der Waals surface area (Å²) in [4.78, 5) is 28.8. The number of sulfonamides is 1. The zero-order valence-electron chi connectivity index (χ0n) is 21.6. The molecule has 0 fully saturated rings. The molecule has 0 radical (unpaired) electrons. The molecule has 0 spiro atoms. The lowest BCUT2D eigenvalue weighted by molar-refractivity contribution is -0.140. The molecule has 0 saturated carbocycles. The molecule has 0 aliphatic carbocycles. The Morgan fingerprint density at radius 3 is 2.15 bits per heavy atom. The van der Waals surface area contributed by atoms with Gasteiger partial charge in [0, 0.05) is 19.5 Å². The summed E-state index contributed by atoms with van der Waals surface area (Å²) in [6.45, 7) is 1.79. The average Bonchev–Trinajstić information content (AvgIpc) is 2.90. The second-order valence-electron chi connectivity index (χ2n) is 8.99. The fourth-order valence-corrected chi connectivity index (χ4v) is 5.47. The van der Waals surface area contributed by atoms with Gasteiger partial charge in [-0.15, -0.1) is 0 Å². The van der Waals surface area contributed by atoms with Gasteiger partial charge in [-0.2, -0.15) is 0 Å². The van der Waals surface area contributed by atoms with E-state index >= 15 is 0 Å². The molecule has 0 heterocycles. The average molecular weight is 611 g/mol. The topological polar surface area (TPSA) is 86.8 Å². The number of nitrogens with one attached hydrogen (secondary N) is 1. The lowest BCUT2D eigenvalue weighted by Crippen LogP contribution is -2.53. The van der Waals surface area contributed by atoms with Gasteiger partial charge in [0.05, 0.1) is 27.0 Å². The highest BCUT2D eigenvalue weighted by Crippen LogP contribution is 2.28. The third-order valence-corrected chi connectivity index (χ3v) is 8.14. The summed E-state index contributed by atoms with van der Waals surface area (Å²) in [6.07, 6.45) is 1.93. The molecule has 3 aromatic rings. The first-order chi connectivity index (χ1) is 18.5. The van der Waals surface area contributed by atoms with Gasteiger partial charge < -0.3 is 10.2 Å². The maximum atomic E-state index is 14.0. The molecule has 0 aliphatic heterocycles. The van der Waals surface area contributed by atoms with Crippen LogP contribution in [0.4, 0.5) is 5.69 Å². The van der Waals surface area contributed by atoms with Gasteiger partial charge in [-0.3, -0.25) is 13.9 Å². The first kappa shape index (κ1) is 30.8. The summed E-state index contributed by atoms with van der Waals surface area (Å²) in [5.74, 6) is -0.934. The van der Waals surface area contributed by atoms with Crippen LogP contribution in [0.5, 0.6) is 0 Å². The van der Waals surface area contributed by atoms with Crippen molar-refractivity contribution in [3.05, 3.63) is 99.0 Å². The number of benzene rings is 3. The maximum Gasteiger partial charge on any atom is 0.244 e. The molecule has 3 aromatic carbocycles. The van der Waals surface area contributed by atoms with E-state index in [4.69, 9.17) is 34.8 Å². The van der Waals surface area contributed by atoms with E-state index in [9.17, 15) is 18.0 Å². The molecular formula is C28H30Cl3N3O4S. The molecule has 0 unspecified atom stereocenters. The second-order valence-corrected chi connectivity index (χ2v) is 12.1. The van der Waals surface area contributed by atoms with Crippen LogP contribution in [0, 0.1) is 0 Å². The van der Waals surface area contributed by atoms with E-state index in [1.807, 2.05) is 37.3 Å². The monoisotopic (exact) mass is 609 g/mol. The Bertz CT molecular complexity index is 1400. The van der Waals surface area contributed by atoms with Crippen LogP contribution >= 0.6 is 34.8 Å². The molecule has 39 heavy (non-hydrogen) atoms. The van der Waals surface area contributed by atoms with Crippen LogP contribution < -0.4 is 9.62 Å². The van der Waals surface area contributed by atoms with Crippen LogP contribution in [-0.2, 0) is 32.6 Å². The van der Waals surface area contributed by atoms with Crippen LogP contribution in [0.1, 0.15) is 24.5 Å². The molecule has 7 nitrogen and oxygen atoms in total. The molecule has 2 amide bonds. The van der Waals surface area contributed by atoms with Crippen LogP contribution in [-0.4, -0.2) is 50.5 Å². The van der Waals surface area contributed by atoms with Crippen molar-refractivity contribution in [1.29, 1.82) is 0 Å². The minimum absolute atomic E-state index is 0.00705. The van der Waals surface area contributed by atoms with Crippen molar-refractivity contribution in [2.24, 2.45) is 0 Å². The van der Waals surface area contributed by atoms with Crippen LogP contribution in [0.25, 0.3) is 0 Å². The predicted octanol–water partition coefficient (Wildman–Crippen LogP) is 5.58. The molecule has 0 aromatic heterocycles. The van der Waals surface area contributed by atoms with Crippen molar-refractivity contribution in [3.63, 3.8) is 0 Å². The van der Waals surface area contributed by atoms with E-state index in [0.29, 0.717) is 28.6 Å². The highest BCUT2D eigenvalue weighted by atomic mass is 35.5. The molecule has 1 atom stereocenters. The Hall–Kier alpha value is -2.78. The van der Waals surface area contributed by atoms with E-state index in [2.05, 4.69) is 5.32 Å². The summed E-state index contributed by atoms with van der Waals surface area (Å²) in [5.41, 5.74) is 1.63. The van der Waals surface area contributed by atoms with Gasteiger partial charge in [-0.25, -0.2) is 8.42 Å². The van der Waals surface area contributed by atoms with Crippen molar-refractivity contribution in [3.8, 4) is 0 Å². The number of carbonyl (C=O) groups is 2. The molecule has 0 saturated heterocycles. The number of hydrogen-bond donors (Lipinski definition) is 1. The third-order valence-electron chi connectivity index (χ3n) is 5.96. The summed E-state index contributed by atoms with van der Waals surface area (Å²) in [7, 11) is -3.91. The van der Waals surface area contributed by atoms with Gasteiger partial charge in [0.25, 0.3) is 0 Å². The van der Waals surface area contributed by atoms with Crippen molar-refractivity contribution in [2.75, 3.05) is 23.7 Å². The molecule has 208 valence electrons. The van der Waals surface area contributed by atoms with Crippen molar-refractivity contribution < 1.29 is 18.0 Å². The fourth-order valence-electron chi connectivity index (χ4n) is 4.00. The Morgan fingerprint density at radius 1 is 0.872 bits per heavy atom. The molecule has 11 heteroatoms. The van der Waals surface area contributed by atoms with Gasteiger partial charge in [-0.1, -0.05) is 90.3 Å². The van der Waals surface area contributed by atoms with Crippen molar-refractivity contribution in [1.82, 2.24) is 10.2 Å². The second kappa shape index (κ2) is 14.0. The lowest BCUT2D eigenvalue weighted by Gasteiger charge is -2.33. The van der Waals surface area contributed by atoms with E-state index < -0.39 is 28.5 Å². The van der Waals surface area contributed by atoms with E-state index in [0.717, 1.165) is 16.1 Å². The SMILES string of the molecule is CCCNC(=O)[C@H](Cc1ccccc1)N(Cc1ccc(Cl)c(Cl)c1)C(=O)CN(c1ccccc1Cl)S(C)(=O)=O. The summed E-state index contributed by atoms with van der Waals surface area (Å²) < 4.78 is 26.6. The summed E-state index contributed by atoms with van der Waals surface area (Å²) in [6, 6.07) is 19.7. The number of para-hydroxylation sites is 1. The first-order valence-corrected chi connectivity index (χ1v) is 15.3. The van der Waals surface area contributed by atoms with Gasteiger partial charge in [0.1, 0.15) is 12.6 Å². The number of halogens is 3. The first-order valence-electron chi connectivity index (χ1n) is 12.3. The molecule has 1 N–H and O–H groups in total. The molecule has 0 bridgehead atoms. The zero-order valence-corrected chi connectivity index (χ0v) is 24.7. The third kappa shape index (κ3) is 8.60. The standard InChI is InChI=1S/C28H30Cl3N3O4S/c1-3-15-32-28(36)26(17-20-9-5-4-6-10-20)33(18-21-13-14-22(29)24(31)16-21)27(35)19-34(39(2,37)38)25-12-8-7-11-23(25)30/h4-14,16,26H,3,15,17-19H2,1-2H3,(H,32,36)/t26-/m0/s1. The van der Waals surface area contributed by atoms with Crippen molar-refractivity contribution >= 4 is 62.3 Å². The largest absolute Gasteiger partial charge is 0.354 e. The Labute approximate surface area is 244 Å². The van der Waals surface area contributed by atoms with Crippen LogP contribution in [0.3, 0.4) is 0 Å². The number of rotatable bonds is 12. The Morgan fingerprint density at radius 2 is 1.54 bits per heavy atom. The van der Waals surface area contributed by atoms with Gasteiger partial charge >= 0.3 is 0 Å². The fraction of sp³-hybridized carbons (Fsp3) is 0.286. The van der Waals surface area contributed by atoms with E-state index in [-0.39, 0.29) is 29.6 Å². The predicted molar refractivity (Wildman–Crippen MR) is 158 cm³/mol. The normalized spacial score (nSPS) is 12.0. The minimum atomic E-state index is -3.91. The van der Waals surface area contributed by atoms with E-state index in [1.165, 1.54) is 11.0 Å². The molecule has 0 aliphatic rings. The van der Waals surface area contributed by atoms with Gasteiger partial charge in [-0.05, 0) is 41.8 Å². The minimum Gasteiger partial charge on any atom is -0.354 e. The van der Waals surface area contributed by atoms with Gasteiger partial charge in [0.15, 0.2) is 0 Å². The van der Waals surface area contributed by atoms with Crippen LogP contribution in [0.15, 0.2) is 72.8 Å². The number of amides is 2. The quantitative estimate of drug-likeness (QED) is 0.290. The molecule has 3 rings (SSSR count). The zero-order chi connectivity index (χ0) is 28.6. The molecular weight excluding hydrogens is 581 g/mol. The Kier molecular flexibility index (Phi) is 11.1. The van der Waals surface area contributed by atoms with Crippen molar-refractivity contribution in [2.45, 2.75) is 32.4 Å². The number of hydrogen-bond acceptors (Lipinski definition) is 4. The number of nitrogens with zero attached hydrogens (tertiary/aromatic N) is 2. The number of carbonyl (C=O) groups excluding carboxylic acids is 2. The summed E-state index contributed by atoms with van der Waals surface area (Å²) in [5, 5.41) is 3.71. The van der Waals surface area contributed by atoms with Gasteiger partial charge in [0.2, 0.25) is 21.8 Å².